The van der Waals surface area contributed by atoms with E-state index in [0.717, 1.165) is 44.2 Å². The van der Waals surface area contributed by atoms with Crippen LogP contribution in [0.4, 0.5) is 17.5 Å². The van der Waals surface area contributed by atoms with Gasteiger partial charge in [0.15, 0.2) is 5.82 Å². The van der Waals surface area contributed by atoms with Crippen molar-refractivity contribution in [2.75, 3.05) is 49.5 Å². The Bertz CT molecular complexity index is 640. The van der Waals surface area contributed by atoms with E-state index >= 15 is 0 Å². The van der Waals surface area contributed by atoms with Crippen molar-refractivity contribution in [1.29, 1.82) is 0 Å². The predicted octanol–water partition coefficient (Wildman–Crippen LogP) is 2.16. The highest BCUT2D eigenvalue weighted by Gasteiger charge is 2.18. The van der Waals surface area contributed by atoms with Gasteiger partial charge in [0.1, 0.15) is 5.75 Å². The maximum absolute atomic E-state index is 5.45. The second kappa shape index (κ2) is 7.92. The minimum absolute atomic E-state index is 0.664. The Morgan fingerprint density at radius 2 is 1.83 bits per heavy atom. The molecule has 0 atom stereocenters. The molecule has 0 saturated carbocycles. The number of nitrogens with one attached hydrogen (secondary N) is 1. The van der Waals surface area contributed by atoms with Crippen LogP contribution in [0.3, 0.4) is 0 Å². The van der Waals surface area contributed by atoms with Crippen LogP contribution in [0.2, 0.25) is 0 Å². The van der Waals surface area contributed by atoms with E-state index in [1.165, 1.54) is 0 Å². The second-order valence-electron chi connectivity index (χ2n) is 5.65. The normalized spacial score (nSPS) is 15.3. The van der Waals surface area contributed by atoms with Crippen LogP contribution in [0, 0.1) is 0 Å². The van der Waals surface area contributed by atoms with E-state index in [9.17, 15) is 0 Å². The molecular weight excluding hydrogens is 304 g/mol. The summed E-state index contributed by atoms with van der Waals surface area (Å²) >= 11 is 0. The molecule has 2 heterocycles. The van der Waals surface area contributed by atoms with Crippen molar-refractivity contribution in [3.8, 4) is 5.75 Å². The lowest BCUT2D eigenvalue weighted by atomic mass is 10.3. The third-order valence-electron chi connectivity index (χ3n) is 4.09. The van der Waals surface area contributed by atoms with E-state index < -0.39 is 0 Å². The molecule has 1 N–H and O–H groups in total. The summed E-state index contributed by atoms with van der Waals surface area (Å²) in [5, 5.41) is 11.5. The van der Waals surface area contributed by atoms with Crippen LogP contribution in [0.5, 0.6) is 5.75 Å². The summed E-state index contributed by atoms with van der Waals surface area (Å²) in [6.45, 7) is 9.86. The molecule has 7 heteroatoms. The van der Waals surface area contributed by atoms with Crippen LogP contribution in [0.15, 0.2) is 30.5 Å². The molecule has 2 aromatic rings. The van der Waals surface area contributed by atoms with Gasteiger partial charge in [0.2, 0.25) is 5.95 Å². The monoisotopic (exact) mass is 328 g/mol. The molecule has 7 nitrogen and oxygen atoms in total. The van der Waals surface area contributed by atoms with E-state index in [2.05, 4.69) is 37.2 Å². The van der Waals surface area contributed by atoms with Crippen molar-refractivity contribution in [2.24, 2.45) is 0 Å². The molecule has 24 heavy (non-hydrogen) atoms. The van der Waals surface area contributed by atoms with Crippen LogP contribution in [0.25, 0.3) is 0 Å². The Morgan fingerprint density at radius 1 is 1.08 bits per heavy atom. The molecule has 1 aliphatic heterocycles. The summed E-state index contributed by atoms with van der Waals surface area (Å²) in [4.78, 5) is 9.20. The van der Waals surface area contributed by atoms with Gasteiger partial charge < -0.3 is 19.9 Å². The fourth-order valence-corrected chi connectivity index (χ4v) is 2.70. The summed E-state index contributed by atoms with van der Waals surface area (Å²) in [6, 6.07) is 7.80. The average Bonchev–Trinajstić information content (AvgIpc) is 2.64. The van der Waals surface area contributed by atoms with Gasteiger partial charge in [-0.15, -0.1) is 5.10 Å². The van der Waals surface area contributed by atoms with Gasteiger partial charge in [-0.25, -0.2) is 0 Å². The Balaban J connectivity index is 1.65. The minimum Gasteiger partial charge on any atom is -0.494 e. The molecule has 0 aliphatic carbocycles. The summed E-state index contributed by atoms with van der Waals surface area (Å²) in [6.07, 6.45) is 1.64. The highest BCUT2D eigenvalue weighted by Crippen LogP contribution is 2.20. The highest BCUT2D eigenvalue weighted by atomic mass is 16.5. The van der Waals surface area contributed by atoms with Gasteiger partial charge in [0, 0.05) is 31.9 Å². The zero-order valence-corrected chi connectivity index (χ0v) is 14.3. The number of hydrogen-bond donors (Lipinski definition) is 1. The van der Waals surface area contributed by atoms with Crippen molar-refractivity contribution in [3.05, 3.63) is 30.5 Å². The molecular formula is C17H24N6O. The number of likely N-dealkylation sites (N-methyl/N-ethyl adjacent to an activating group) is 1. The first-order chi connectivity index (χ1) is 11.8. The zero-order chi connectivity index (χ0) is 16.8. The van der Waals surface area contributed by atoms with E-state index in [1.54, 1.807) is 6.20 Å². The van der Waals surface area contributed by atoms with Crippen LogP contribution >= 0.6 is 0 Å². The quantitative estimate of drug-likeness (QED) is 0.871. The number of benzene rings is 1. The van der Waals surface area contributed by atoms with Crippen molar-refractivity contribution in [3.63, 3.8) is 0 Å². The molecule has 1 aliphatic rings. The van der Waals surface area contributed by atoms with Crippen molar-refractivity contribution < 1.29 is 4.74 Å². The molecule has 3 rings (SSSR count). The number of hydrogen-bond acceptors (Lipinski definition) is 7. The van der Waals surface area contributed by atoms with Gasteiger partial charge >= 0.3 is 0 Å². The average molecular weight is 328 g/mol. The summed E-state index contributed by atoms with van der Waals surface area (Å²) in [5.74, 6) is 2.24. The highest BCUT2D eigenvalue weighted by molar-refractivity contribution is 5.57. The first-order valence-corrected chi connectivity index (χ1v) is 8.45. The van der Waals surface area contributed by atoms with E-state index in [1.807, 2.05) is 31.2 Å². The number of aromatic nitrogens is 3. The fraction of sp³-hybridized carbons (Fsp3) is 0.471. The van der Waals surface area contributed by atoms with Gasteiger partial charge in [0.05, 0.1) is 12.8 Å². The lowest BCUT2D eigenvalue weighted by Gasteiger charge is -2.33. The number of nitrogens with zero attached hydrogens (tertiary/aromatic N) is 5. The van der Waals surface area contributed by atoms with Crippen LogP contribution in [-0.4, -0.2) is 59.4 Å². The second-order valence-corrected chi connectivity index (χ2v) is 5.65. The predicted molar refractivity (Wildman–Crippen MR) is 95.0 cm³/mol. The molecule has 0 bridgehead atoms. The van der Waals surface area contributed by atoms with Crippen molar-refractivity contribution in [1.82, 2.24) is 20.1 Å². The summed E-state index contributed by atoms with van der Waals surface area (Å²) < 4.78 is 5.45. The molecule has 128 valence electrons. The first-order valence-electron chi connectivity index (χ1n) is 8.45. The van der Waals surface area contributed by atoms with Gasteiger partial charge in [-0.1, -0.05) is 6.92 Å². The molecule has 1 saturated heterocycles. The Labute approximate surface area is 142 Å². The molecule has 0 radical (unpaired) electrons. The fourth-order valence-electron chi connectivity index (χ4n) is 2.70. The topological polar surface area (TPSA) is 66.4 Å². The smallest absolute Gasteiger partial charge is 0.247 e. The maximum Gasteiger partial charge on any atom is 0.247 e. The van der Waals surface area contributed by atoms with Crippen molar-refractivity contribution in [2.45, 2.75) is 13.8 Å². The number of rotatable bonds is 6. The van der Waals surface area contributed by atoms with Gasteiger partial charge in [-0.3, -0.25) is 0 Å². The third kappa shape index (κ3) is 4.11. The van der Waals surface area contributed by atoms with Gasteiger partial charge in [-0.2, -0.15) is 10.1 Å². The Morgan fingerprint density at radius 3 is 2.50 bits per heavy atom. The molecule has 0 amide bonds. The third-order valence-corrected chi connectivity index (χ3v) is 4.09. The number of piperazine rings is 1. The molecule has 1 aromatic carbocycles. The molecule has 1 aromatic heterocycles. The van der Waals surface area contributed by atoms with E-state index in [0.29, 0.717) is 18.4 Å². The minimum atomic E-state index is 0.664. The Hall–Kier alpha value is -2.41. The maximum atomic E-state index is 5.45. The molecule has 0 unspecified atom stereocenters. The van der Waals surface area contributed by atoms with Gasteiger partial charge in [0.25, 0.3) is 0 Å². The van der Waals surface area contributed by atoms with E-state index in [4.69, 9.17) is 4.74 Å². The molecule has 1 fully saturated rings. The van der Waals surface area contributed by atoms with Crippen LogP contribution < -0.4 is 15.0 Å². The Kier molecular flexibility index (Phi) is 5.43. The lowest BCUT2D eigenvalue weighted by molar-refractivity contribution is 0.269. The SMILES string of the molecule is CCOc1ccc(Nc2cnnc(N3CCN(CC)CC3)n2)cc1. The number of anilines is 3. The van der Waals surface area contributed by atoms with Crippen LogP contribution in [0.1, 0.15) is 13.8 Å². The first kappa shape index (κ1) is 16.4. The van der Waals surface area contributed by atoms with Crippen molar-refractivity contribution >= 4 is 17.5 Å². The van der Waals surface area contributed by atoms with Crippen LogP contribution in [-0.2, 0) is 0 Å². The van der Waals surface area contributed by atoms with Gasteiger partial charge in [-0.05, 0) is 37.7 Å². The summed E-state index contributed by atoms with van der Waals surface area (Å²) in [7, 11) is 0. The molecule has 0 spiro atoms. The zero-order valence-electron chi connectivity index (χ0n) is 14.3. The summed E-state index contributed by atoms with van der Waals surface area (Å²) in [5.41, 5.74) is 0.945. The lowest BCUT2D eigenvalue weighted by Crippen LogP contribution is -2.46. The number of ether oxygens (including phenoxy) is 1. The largest absolute Gasteiger partial charge is 0.494 e. The standard InChI is InChI=1S/C17H24N6O/c1-3-22-9-11-23(12-10-22)17-20-16(13-18-21-17)19-14-5-7-15(8-6-14)24-4-2/h5-8,13H,3-4,9-12H2,1-2H3,(H,19,20,21). The van der Waals surface area contributed by atoms with E-state index in [-0.39, 0.29) is 0 Å².